The summed E-state index contributed by atoms with van der Waals surface area (Å²) >= 11 is 0. The van der Waals surface area contributed by atoms with Gasteiger partial charge in [0.1, 0.15) is 5.75 Å². The van der Waals surface area contributed by atoms with Crippen LogP contribution in [-0.4, -0.2) is 63.9 Å². The Bertz CT molecular complexity index is 543. The van der Waals surface area contributed by atoms with E-state index in [1.807, 2.05) is 0 Å². The van der Waals surface area contributed by atoms with Gasteiger partial charge in [-0.3, -0.25) is 0 Å². The van der Waals surface area contributed by atoms with Gasteiger partial charge in [-0.15, -0.1) is 12.4 Å². The fraction of sp³-hybridized carbons (Fsp3) is 0.700. The van der Waals surface area contributed by atoms with Crippen molar-refractivity contribution in [2.75, 3.05) is 69.2 Å². The lowest BCUT2D eigenvalue weighted by Gasteiger charge is -2.32. The third-order valence-corrected chi connectivity index (χ3v) is 5.23. The van der Waals surface area contributed by atoms with Crippen molar-refractivity contribution in [2.24, 2.45) is 0 Å². The van der Waals surface area contributed by atoms with Gasteiger partial charge in [-0.2, -0.15) is 0 Å². The van der Waals surface area contributed by atoms with Gasteiger partial charge >= 0.3 is 0 Å². The van der Waals surface area contributed by atoms with Crippen molar-refractivity contribution in [3.8, 4) is 5.75 Å². The number of nitrogens with one attached hydrogen (secondary N) is 2. The molecule has 0 aromatic heterocycles. The molecule has 2 aliphatic heterocycles. The smallest absolute Gasteiger partial charge is 0.123 e. The number of rotatable bonds is 8. The van der Waals surface area contributed by atoms with Gasteiger partial charge in [-0.05, 0) is 44.8 Å². The number of likely N-dealkylation sites (tertiary alicyclic amines) is 1. The minimum atomic E-state index is 0. The molecule has 0 amide bonds. The molecule has 148 valence electrons. The zero-order valence-corrected chi connectivity index (χ0v) is 17.2. The summed E-state index contributed by atoms with van der Waals surface area (Å²) in [6, 6.07) is 4.41. The average Bonchev–Trinajstić information content (AvgIpc) is 3.16. The van der Waals surface area contributed by atoms with Crippen molar-refractivity contribution < 1.29 is 4.74 Å². The van der Waals surface area contributed by atoms with Crippen molar-refractivity contribution >= 4 is 23.8 Å². The molecular weight excluding hydrogens is 348 g/mol. The molecule has 0 unspecified atom stereocenters. The highest BCUT2D eigenvalue weighted by atomic mass is 35.5. The quantitative estimate of drug-likeness (QED) is 0.722. The molecule has 6 heteroatoms. The lowest BCUT2D eigenvalue weighted by molar-refractivity contribution is 0.317. The lowest BCUT2D eigenvalue weighted by atomic mass is 10.1. The van der Waals surface area contributed by atoms with E-state index < -0.39 is 0 Å². The molecule has 26 heavy (non-hydrogen) atoms. The zero-order valence-electron chi connectivity index (χ0n) is 16.4. The Labute approximate surface area is 164 Å². The predicted molar refractivity (Wildman–Crippen MR) is 113 cm³/mol. The standard InChI is InChI=1S/C20H34N4O.ClH/c1-3-14-25-18-15-19(22-8-11-23-9-4-5-10-23)17(2)20(16-18)24-12-6-21-7-13-24;/h15-16,21-22H,3-14H2,1-2H3;1H. The summed E-state index contributed by atoms with van der Waals surface area (Å²) in [7, 11) is 0. The highest BCUT2D eigenvalue weighted by molar-refractivity contribution is 5.85. The van der Waals surface area contributed by atoms with Crippen LogP contribution in [0.25, 0.3) is 0 Å². The molecule has 0 spiro atoms. The normalized spacial score (nSPS) is 17.8. The Hall–Kier alpha value is -1.17. The van der Waals surface area contributed by atoms with Crippen LogP contribution in [0.4, 0.5) is 11.4 Å². The van der Waals surface area contributed by atoms with Crippen LogP contribution in [0.15, 0.2) is 12.1 Å². The van der Waals surface area contributed by atoms with E-state index in [0.717, 1.165) is 58.0 Å². The van der Waals surface area contributed by atoms with E-state index in [-0.39, 0.29) is 12.4 Å². The topological polar surface area (TPSA) is 39.8 Å². The molecule has 2 saturated heterocycles. The van der Waals surface area contributed by atoms with E-state index in [0.29, 0.717) is 0 Å². The Morgan fingerprint density at radius 1 is 1.12 bits per heavy atom. The largest absolute Gasteiger partial charge is 0.493 e. The van der Waals surface area contributed by atoms with Crippen LogP contribution in [0.5, 0.6) is 5.75 Å². The number of hydrogen-bond acceptors (Lipinski definition) is 5. The van der Waals surface area contributed by atoms with Gasteiger partial charge in [0.15, 0.2) is 0 Å². The SMILES string of the molecule is CCCOc1cc(NCCN2CCCC2)c(C)c(N2CCNCC2)c1.Cl. The number of piperazine rings is 1. The first-order valence-corrected chi connectivity index (χ1v) is 9.97. The van der Waals surface area contributed by atoms with E-state index in [2.05, 4.69) is 46.4 Å². The summed E-state index contributed by atoms with van der Waals surface area (Å²) in [4.78, 5) is 5.03. The monoisotopic (exact) mass is 382 g/mol. The lowest BCUT2D eigenvalue weighted by Crippen LogP contribution is -2.43. The zero-order chi connectivity index (χ0) is 17.5. The number of halogens is 1. The second kappa shape index (κ2) is 10.9. The summed E-state index contributed by atoms with van der Waals surface area (Å²) in [6.07, 6.45) is 3.74. The average molecular weight is 383 g/mol. The predicted octanol–water partition coefficient (Wildman–Crippen LogP) is 3.12. The van der Waals surface area contributed by atoms with Crippen LogP contribution in [-0.2, 0) is 0 Å². The van der Waals surface area contributed by atoms with Crippen LogP contribution >= 0.6 is 12.4 Å². The molecule has 3 rings (SSSR count). The molecule has 5 nitrogen and oxygen atoms in total. The van der Waals surface area contributed by atoms with Crippen molar-refractivity contribution in [3.63, 3.8) is 0 Å². The molecule has 0 bridgehead atoms. The van der Waals surface area contributed by atoms with Crippen molar-refractivity contribution in [1.82, 2.24) is 10.2 Å². The number of benzene rings is 1. The minimum absolute atomic E-state index is 0. The van der Waals surface area contributed by atoms with E-state index in [4.69, 9.17) is 4.74 Å². The Morgan fingerprint density at radius 3 is 2.54 bits per heavy atom. The van der Waals surface area contributed by atoms with Crippen molar-refractivity contribution in [1.29, 1.82) is 0 Å². The molecule has 0 aliphatic carbocycles. The maximum absolute atomic E-state index is 5.97. The summed E-state index contributed by atoms with van der Waals surface area (Å²) in [5.41, 5.74) is 3.88. The fourth-order valence-corrected chi connectivity index (χ4v) is 3.75. The number of nitrogens with zero attached hydrogens (tertiary/aromatic N) is 2. The van der Waals surface area contributed by atoms with Gasteiger partial charge in [0.2, 0.25) is 0 Å². The third kappa shape index (κ3) is 5.66. The van der Waals surface area contributed by atoms with Crippen LogP contribution < -0.4 is 20.3 Å². The van der Waals surface area contributed by atoms with Crippen molar-refractivity contribution in [2.45, 2.75) is 33.1 Å². The molecular formula is C20H35ClN4O. The molecule has 2 fully saturated rings. The van der Waals surface area contributed by atoms with Crippen LogP contribution in [0.3, 0.4) is 0 Å². The highest BCUT2D eigenvalue weighted by Gasteiger charge is 2.17. The number of anilines is 2. The molecule has 2 aliphatic rings. The maximum atomic E-state index is 5.97. The van der Waals surface area contributed by atoms with Gasteiger partial charge < -0.3 is 25.2 Å². The maximum Gasteiger partial charge on any atom is 0.123 e. The Balaban J connectivity index is 0.00000243. The summed E-state index contributed by atoms with van der Waals surface area (Å²) in [6.45, 7) is 14.0. The summed E-state index contributed by atoms with van der Waals surface area (Å²) in [5, 5.41) is 7.11. The molecule has 1 aromatic carbocycles. The molecule has 2 N–H and O–H groups in total. The summed E-state index contributed by atoms with van der Waals surface area (Å²) in [5.74, 6) is 0.990. The molecule has 0 atom stereocenters. The van der Waals surface area contributed by atoms with Crippen LogP contribution in [0, 0.1) is 6.92 Å². The Kier molecular flexibility index (Phi) is 8.82. The summed E-state index contributed by atoms with van der Waals surface area (Å²) < 4.78 is 5.97. The van der Waals surface area contributed by atoms with E-state index in [1.54, 1.807) is 0 Å². The van der Waals surface area contributed by atoms with Crippen LogP contribution in [0.2, 0.25) is 0 Å². The van der Waals surface area contributed by atoms with Gasteiger partial charge in [0.05, 0.1) is 6.61 Å². The molecule has 0 saturated carbocycles. The number of hydrogen-bond donors (Lipinski definition) is 2. The molecule has 0 radical (unpaired) electrons. The van der Waals surface area contributed by atoms with E-state index in [1.165, 1.54) is 42.9 Å². The molecule has 1 aromatic rings. The third-order valence-electron chi connectivity index (χ3n) is 5.23. The van der Waals surface area contributed by atoms with Gasteiger partial charge in [0.25, 0.3) is 0 Å². The second-order valence-electron chi connectivity index (χ2n) is 7.18. The Morgan fingerprint density at radius 2 is 1.85 bits per heavy atom. The first-order chi connectivity index (χ1) is 12.3. The molecule has 2 heterocycles. The van der Waals surface area contributed by atoms with Crippen molar-refractivity contribution in [3.05, 3.63) is 17.7 Å². The van der Waals surface area contributed by atoms with Gasteiger partial charge in [0, 0.05) is 62.8 Å². The van der Waals surface area contributed by atoms with E-state index in [9.17, 15) is 0 Å². The van der Waals surface area contributed by atoms with Gasteiger partial charge in [-0.1, -0.05) is 6.92 Å². The second-order valence-corrected chi connectivity index (χ2v) is 7.18. The first-order valence-electron chi connectivity index (χ1n) is 9.97. The minimum Gasteiger partial charge on any atom is -0.493 e. The van der Waals surface area contributed by atoms with Gasteiger partial charge in [-0.25, -0.2) is 0 Å². The number of ether oxygens (including phenoxy) is 1. The highest BCUT2D eigenvalue weighted by Crippen LogP contribution is 2.33. The van der Waals surface area contributed by atoms with Crippen LogP contribution in [0.1, 0.15) is 31.7 Å². The fourth-order valence-electron chi connectivity index (χ4n) is 3.75. The first kappa shape index (κ1) is 21.1. The van der Waals surface area contributed by atoms with E-state index >= 15 is 0 Å².